The Kier molecular flexibility index (Phi) is 8.13. The van der Waals surface area contributed by atoms with E-state index in [1.165, 1.54) is 24.3 Å². The predicted octanol–water partition coefficient (Wildman–Crippen LogP) is 2.01. The standard InChI is InChI=1S/C11H12N2O6.C4H6N2/c14-10(15)5-6-12-11(16)19-7-8-1-3-9(4-2-8)13(17)18;1-4-2-3-5-6-4/h1-4H,5-7H2,(H,12,16)(H,14,15);2-3H,1H3,(H,5,6). The minimum atomic E-state index is -1.02. The Labute approximate surface area is 143 Å². The number of carbonyl (C=O) groups excluding carboxylic acids is 1. The van der Waals surface area contributed by atoms with E-state index in [-0.39, 0.29) is 25.3 Å². The second-order valence-electron chi connectivity index (χ2n) is 4.81. The number of nitrogens with one attached hydrogen (secondary N) is 2. The summed E-state index contributed by atoms with van der Waals surface area (Å²) in [5.41, 5.74) is 1.66. The first kappa shape index (κ1) is 19.6. The maximum atomic E-state index is 11.1. The molecule has 0 aliphatic carbocycles. The van der Waals surface area contributed by atoms with Crippen molar-refractivity contribution in [2.45, 2.75) is 20.0 Å². The maximum absolute atomic E-state index is 11.1. The molecule has 10 nitrogen and oxygen atoms in total. The molecule has 3 N–H and O–H groups in total. The molecule has 0 unspecified atom stereocenters. The van der Waals surface area contributed by atoms with Crippen molar-refractivity contribution < 1.29 is 24.4 Å². The van der Waals surface area contributed by atoms with E-state index in [4.69, 9.17) is 9.84 Å². The fourth-order valence-corrected chi connectivity index (χ4v) is 1.51. The van der Waals surface area contributed by atoms with Gasteiger partial charge in [0.25, 0.3) is 5.69 Å². The number of rotatable bonds is 6. The Morgan fingerprint density at radius 1 is 1.32 bits per heavy atom. The molecule has 2 rings (SSSR count). The minimum Gasteiger partial charge on any atom is -0.481 e. The zero-order chi connectivity index (χ0) is 18.7. The van der Waals surface area contributed by atoms with Crippen LogP contribution in [0.2, 0.25) is 0 Å². The number of nitro groups is 1. The van der Waals surface area contributed by atoms with Gasteiger partial charge in [0.1, 0.15) is 6.61 Å². The lowest BCUT2D eigenvalue weighted by Crippen LogP contribution is -2.26. The van der Waals surface area contributed by atoms with Crippen LogP contribution in [0.3, 0.4) is 0 Å². The van der Waals surface area contributed by atoms with Crippen molar-refractivity contribution in [3.05, 3.63) is 57.9 Å². The summed E-state index contributed by atoms with van der Waals surface area (Å²) >= 11 is 0. The molecule has 0 bridgehead atoms. The summed E-state index contributed by atoms with van der Waals surface area (Å²) in [6.45, 7) is 1.90. The highest BCUT2D eigenvalue weighted by Crippen LogP contribution is 2.12. The minimum absolute atomic E-state index is 0.0194. The Morgan fingerprint density at radius 2 is 2.00 bits per heavy atom. The van der Waals surface area contributed by atoms with Crippen molar-refractivity contribution in [3.8, 4) is 0 Å². The molecule has 0 fully saturated rings. The van der Waals surface area contributed by atoms with Crippen LogP contribution < -0.4 is 5.32 Å². The van der Waals surface area contributed by atoms with Crippen molar-refractivity contribution in [3.63, 3.8) is 0 Å². The molecule has 2 aromatic rings. The molecule has 0 saturated heterocycles. The smallest absolute Gasteiger partial charge is 0.407 e. The number of aliphatic carboxylic acids is 1. The first-order valence-corrected chi connectivity index (χ1v) is 7.20. The number of benzene rings is 1. The molecule has 25 heavy (non-hydrogen) atoms. The van der Waals surface area contributed by atoms with Crippen LogP contribution in [0, 0.1) is 17.0 Å². The number of hydrogen-bond acceptors (Lipinski definition) is 6. The number of nitrogens with zero attached hydrogens (tertiary/aromatic N) is 2. The van der Waals surface area contributed by atoms with Crippen molar-refractivity contribution in [2.24, 2.45) is 0 Å². The van der Waals surface area contributed by atoms with Gasteiger partial charge in [0, 0.05) is 30.6 Å². The average molecular weight is 350 g/mol. The lowest BCUT2D eigenvalue weighted by atomic mass is 10.2. The van der Waals surface area contributed by atoms with E-state index >= 15 is 0 Å². The van der Waals surface area contributed by atoms with Crippen LogP contribution in [-0.2, 0) is 16.1 Å². The van der Waals surface area contributed by atoms with Crippen LogP contribution in [0.15, 0.2) is 36.5 Å². The summed E-state index contributed by atoms with van der Waals surface area (Å²) in [5.74, 6) is -1.02. The van der Waals surface area contributed by atoms with Crippen LogP contribution in [-0.4, -0.2) is 38.8 Å². The second-order valence-corrected chi connectivity index (χ2v) is 4.81. The number of aromatic nitrogens is 2. The number of non-ortho nitro benzene ring substituents is 1. The predicted molar refractivity (Wildman–Crippen MR) is 86.9 cm³/mol. The van der Waals surface area contributed by atoms with Crippen LogP contribution in [0.25, 0.3) is 0 Å². The summed E-state index contributed by atoms with van der Waals surface area (Å²) < 4.78 is 4.80. The van der Waals surface area contributed by atoms with Gasteiger partial charge in [0.05, 0.1) is 11.3 Å². The summed E-state index contributed by atoms with van der Waals surface area (Å²) in [6, 6.07) is 7.48. The Balaban J connectivity index is 0.000000435. The lowest BCUT2D eigenvalue weighted by molar-refractivity contribution is -0.384. The number of ether oxygens (including phenoxy) is 1. The number of amides is 1. The van der Waals surface area contributed by atoms with Crippen LogP contribution in [0.4, 0.5) is 10.5 Å². The van der Waals surface area contributed by atoms with Gasteiger partial charge in [-0.1, -0.05) is 0 Å². The van der Waals surface area contributed by atoms with Gasteiger partial charge in [-0.3, -0.25) is 20.0 Å². The maximum Gasteiger partial charge on any atom is 0.407 e. The summed E-state index contributed by atoms with van der Waals surface area (Å²) in [7, 11) is 0. The first-order valence-electron chi connectivity index (χ1n) is 7.20. The van der Waals surface area contributed by atoms with Crippen LogP contribution in [0.5, 0.6) is 0 Å². The Hall–Kier alpha value is -3.43. The quantitative estimate of drug-likeness (QED) is 0.533. The third-order valence-corrected chi connectivity index (χ3v) is 2.77. The molecule has 1 amide bonds. The third-order valence-electron chi connectivity index (χ3n) is 2.77. The van der Waals surface area contributed by atoms with Gasteiger partial charge in [0.2, 0.25) is 0 Å². The molecule has 1 aromatic carbocycles. The monoisotopic (exact) mass is 350 g/mol. The Morgan fingerprint density at radius 3 is 2.44 bits per heavy atom. The normalized spacial score (nSPS) is 9.48. The summed E-state index contributed by atoms with van der Waals surface area (Å²) in [4.78, 5) is 31.2. The Bertz CT molecular complexity index is 685. The molecule has 134 valence electrons. The highest BCUT2D eigenvalue weighted by molar-refractivity contribution is 5.70. The number of carboxylic acids is 1. The molecule has 0 aliphatic rings. The van der Waals surface area contributed by atoms with E-state index in [0.29, 0.717) is 5.56 Å². The van der Waals surface area contributed by atoms with Gasteiger partial charge >= 0.3 is 12.1 Å². The van der Waals surface area contributed by atoms with Crippen molar-refractivity contribution in [2.75, 3.05) is 6.54 Å². The lowest BCUT2D eigenvalue weighted by Gasteiger charge is -2.05. The number of hydrogen-bond donors (Lipinski definition) is 3. The summed E-state index contributed by atoms with van der Waals surface area (Å²) in [6.07, 6.45) is 0.807. The molecule has 0 spiro atoms. The van der Waals surface area contributed by atoms with Crippen LogP contribution in [0.1, 0.15) is 17.7 Å². The molecule has 0 saturated carbocycles. The first-order chi connectivity index (χ1) is 11.9. The van der Waals surface area contributed by atoms with Gasteiger partial charge in [-0.25, -0.2) is 4.79 Å². The topological polar surface area (TPSA) is 147 Å². The van der Waals surface area contributed by atoms with Gasteiger partial charge in [-0.2, -0.15) is 5.10 Å². The van der Waals surface area contributed by atoms with Gasteiger partial charge in [-0.05, 0) is 30.7 Å². The number of H-pyrrole nitrogens is 1. The van der Waals surface area contributed by atoms with E-state index in [1.54, 1.807) is 6.20 Å². The fraction of sp³-hybridized carbons (Fsp3) is 0.267. The highest BCUT2D eigenvalue weighted by Gasteiger charge is 2.06. The largest absolute Gasteiger partial charge is 0.481 e. The van der Waals surface area contributed by atoms with Gasteiger partial charge in [-0.15, -0.1) is 0 Å². The molecule has 0 radical (unpaired) electrons. The summed E-state index contributed by atoms with van der Waals surface area (Å²) in [5, 5.41) is 27.5. The molecule has 10 heteroatoms. The van der Waals surface area contributed by atoms with Crippen molar-refractivity contribution in [1.82, 2.24) is 15.5 Å². The van der Waals surface area contributed by atoms with E-state index in [1.807, 2.05) is 13.0 Å². The molecular weight excluding hydrogens is 332 g/mol. The van der Waals surface area contributed by atoms with Crippen LogP contribution >= 0.6 is 0 Å². The number of carbonyl (C=O) groups is 2. The number of carboxylic acid groups (broad SMARTS) is 1. The zero-order valence-electron chi connectivity index (χ0n) is 13.5. The number of aryl methyl sites for hydroxylation is 1. The van der Waals surface area contributed by atoms with Crippen molar-refractivity contribution in [1.29, 1.82) is 0 Å². The fourth-order valence-electron chi connectivity index (χ4n) is 1.51. The van der Waals surface area contributed by atoms with Crippen molar-refractivity contribution >= 4 is 17.7 Å². The van der Waals surface area contributed by atoms with E-state index in [0.717, 1.165) is 5.69 Å². The third kappa shape index (κ3) is 8.69. The van der Waals surface area contributed by atoms with E-state index < -0.39 is 17.0 Å². The second kappa shape index (κ2) is 10.4. The number of nitro benzene ring substituents is 1. The SMILES string of the molecule is Cc1ccn[nH]1.O=C(O)CCNC(=O)OCc1ccc([N+](=O)[O-])cc1. The van der Waals surface area contributed by atoms with E-state index in [9.17, 15) is 19.7 Å². The average Bonchev–Trinajstić information content (AvgIpc) is 3.04. The molecule has 1 aromatic heterocycles. The molecule has 1 heterocycles. The molecular formula is C15H18N4O6. The number of alkyl carbamates (subject to hydrolysis) is 1. The molecule has 0 aliphatic heterocycles. The zero-order valence-corrected chi connectivity index (χ0v) is 13.5. The molecule has 0 atom stereocenters. The van der Waals surface area contributed by atoms with Gasteiger partial charge < -0.3 is 15.2 Å². The van der Waals surface area contributed by atoms with E-state index in [2.05, 4.69) is 15.5 Å². The highest BCUT2D eigenvalue weighted by atomic mass is 16.6. The van der Waals surface area contributed by atoms with Gasteiger partial charge in [0.15, 0.2) is 0 Å². The number of aromatic amines is 1.